The molecule has 22 heavy (non-hydrogen) atoms. The number of pyridine rings is 1. The van der Waals surface area contributed by atoms with E-state index in [1.54, 1.807) is 0 Å². The van der Waals surface area contributed by atoms with Crippen molar-refractivity contribution in [1.29, 1.82) is 0 Å². The minimum Gasteiger partial charge on any atom is -0.381 e. The number of nitrogens with one attached hydrogen (secondary N) is 1. The number of amides is 1. The van der Waals surface area contributed by atoms with Gasteiger partial charge in [-0.25, -0.2) is 4.98 Å². The molecule has 3 heterocycles. The summed E-state index contributed by atoms with van der Waals surface area (Å²) in [5, 5.41) is 3.21. The second-order valence-electron chi connectivity index (χ2n) is 6.32. The highest BCUT2D eigenvalue weighted by atomic mass is 16.5. The normalized spacial score (nSPS) is 23.3. The van der Waals surface area contributed by atoms with Gasteiger partial charge in [-0.2, -0.15) is 0 Å². The standard InChI is InChI=1S/C17H25N3O2/c1-13-4-2-6-16(18-13)20-9-3-5-14(12-20)17(21)19-15-7-10-22-11-8-15/h2,4,6,14-15H,3,5,7-12H2,1H3,(H,19,21). The van der Waals surface area contributed by atoms with Crippen LogP contribution in [0.3, 0.4) is 0 Å². The second kappa shape index (κ2) is 7.09. The van der Waals surface area contributed by atoms with Crippen molar-refractivity contribution in [2.75, 3.05) is 31.2 Å². The molecule has 1 aromatic rings. The number of ether oxygens (including phenoxy) is 1. The van der Waals surface area contributed by atoms with Gasteiger partial charge in [0.05, 0.1) is 5.92 Å². The molecule has 1 atom stereocenters. The Morgan fingerprint density at radius 2 is 2.14 bits per heavy atom. The molecule has 1 unspecified atom stereocenters. The predicted octanol–water partition coefficient (Wildman–Crippen LogP) is 1.90. The van der Waals surface area contributed by atoms with Gasteiger partial charge in [0.25, 0.3) is 0 Å². The summed E-state index contributed by atoms with van der Waals surface area (Å²) in [6, 6.07) is 6.35. The predicted molar refractivity (Wildman–Crippen MR) is 85.9 cm³/mol. The summed E-state index contributed by atoms with van der Waals surface area (Å²) in [4.78, 5) is 19.3. The first kappa shape index (κ1) is 15.3. The number of nitrogens with zero attached hydrogens (tertiary/aromatic N) is 2. The van der Waals surface area contributed by atoms with Crippen LogP contribution in [0.15, 0.2) is 18.2 Å². The van der Waals surface area contributed by atoms with E-state index in [9.17, 15) is 4.79 Å². The van der Waals surface area contributed by atoms with Crippen LogP contribution in [-0.2, 0) is 9.53 Å². The van der Waals surface area contributed by atoms with Crippen molar-refractivity contribution < 1.29 is 9.53 Å². The van der Waals surface area contributed by atoms with Crippen molar-refractivity contribution >= 4 is 11.7 Å². The van der Waals surface area contributed by atoms with E-state index in [2.05, 4.69) is 15.2 Å². The molecule has 0 aliphatic carbocycles. The number of aromatic nitrogens is 1. The smallest absolute Gasteiger partial charge is 0.225 e. The van der Waals surface area contributed by atoms with Gasteiger partial charge in [0.1, 0.15) is 5.82 Å². The van der Waals surface area contributed by atoms with Gasteiger partial charge in [-0.3, -0.25) is 4.79 Å². The van der Waals surface area contributed by atoms with Crippen LogP contribution in [-0.4, -0.2) is 43.2 Å². The first-order valence-electron chi connectivity index (χ1n) is 8.29. The molecule has 2 fully saturated rings. The lowest BCUT2D eigenvalue weighted by Gasteiger charge is -2.34. The van der Waals surface area contributed by atoms with Crippen LogP contribution in [0.5, 0.6) is 0 Å². The monoisotopic (exact) mass is 303 g/mol. The molecule has 5 nitrogen and oxygen atoms in total. The number of hydrogen-bond acceptors (Lipinski definition) is 4. The Bertz CT molecular complexity index is 514. The van der Waals surface area contributed by atoms with E-state index in [1.165, 1.54) is 0 Å². The van der Waals surface area contributed by atoms with Crippen LogP contribution < -0.4 is 10.2 Å². The van der Waals surface area contributed by atoms with Crippen molar-refractivity contribution in [1.82, 2.24) is 10.3 Å². The topological polar surface area (TPSA) is 54.5 Å². The van der Waals surface area contributed by atoms with E-state index < -0.39 is 0 Å². The highest BCUT2D eigenvalue weighted by molar-refractivity contribution is 5.79. The molecule has 3 rings (SSSR count). The largest absolute Gasteiger partial charge is 0.381 e. The van der Waals surface area contributed by atoms with Crippen LogP contribution in [0.1, 0.15) is 31.4 Å². The van der Waals surface area contributed by atoms with Gasteiger partial charge in [0, 0.05) is 38.0 Å². The van der Waals surface area contributed by atoms with Gasteiger partial charge in [0.2, 0.25) is 5.91 Å². The maximum atomic E-state index is 12.5. The van der Waals surface area contributed by atoms with Gasteiger partial charge in [-0.1, -0.05) is 6.07 Å². The van der Waals surface area contributed by atoms with Crippen molar-refractivity contribution in [3.8, 4) is 0 Å². The highest BCUT2D eigenvalue weighted by Crippen LogP contribution is 2.22. The molecule has 2 saturated heterocycles. The van der Waals surface area contributed by atoms with E-state index in [0.29, 0.717) is 0 Å². The van der Waals surface area contributed by atoms with Gasteiger partial charge < -0.3 is 15.0 Å². The van der Waals surface area contributed by atoms with Gasteiger partial charge in [-0.05, 0) is 44.7 Å². The third-order valence-corrected chi connectivity index (χ3v) is 4.56. The SMILES string of the molecule is Cc1cccc(N2CCCC(C(=O)NC3CCOCC3)C2)n1. The van der Waals surface area contributed by atoms with E-state index in [1.807, 2.05) is 25.1 Å². The quantitative estimate of drug-likeness (QED) is 0.926. The summed E-state index contributed by atoms with van der Waals surface area (Å²) >= 11 is 0. The molecule has 0 aromatic carbocycles. The Hall–Kier alpha value is -1.62. The first-order valence-corrected chi connectivity index (χ1v) is 8.29. The molecule has 120 valence electrons. The van der Waals surface area contributed by atoms with Crippen molar-refractivity contribution in [2.24, 2.45) is 5.92 Å². The zero-order chi connectivity index (χ0) is 15.4. The number of piperidine rings is 1. The molecular weight excluding hydrogens is 278 g/mol. The van der Waals surface area contributed by atoms with E-state index in [-0.39, 0.29) is 17.9 Å². The number of aryl methyl sites for hydroxylation is 1. The van der Waals surface area contributed by atoms with Crippen LogP contribution in [0.4, 0.5) is 5.82 Å². The Morgan fingerprint density at radius 3 is 2.91 bits per heavy atom. The molecule has 1 amide bonds. The zero-order valence-corrected chi connectivity index (χ0v) is 13.3. The maximum absolute atomic E-state index is 12.5. The number of carbonyl (C=O) groups is 1. The fourth-order valence-electron chi connectivity index (χ4n) is 3.26. The average Bonchev–Trinajstić information content (AvgIpc) is 2.56. The molecule has 0 saturated carbocycles. The van der Waals surface area contributed by atoms with Crippen LogP contribution in [0.25, 0.3) is 0 Å². The van der Waals surface area contributed by atoms with E-state index in [4.69, 9.17) is 4.74 Å². The Kier molecular flexibility index (Phi) is 4.93. The van der Waals surface area contributed by atoms with Gasteiger partial charge >= 0.3 is 0 Å². The summed E-state index contributed by atoms with van der Waals surface area (Å²) in [6.07, 6.45) is 3.88. The minimum absolute atomic E-state index is 0.0684. The summed E-state index contributed by atoms with van der Waals surface area (Å²) in [7, 11) is 0. The molecule has 5 heteroatoms. The molecular formula is C17H25N3O2. The third-order valence-electron chi connectivity index (χ3n) is 4.56. The fraction of sp³-hybridized carbons (Fsp3) is 0.647. The molecule has 0 radical (unpaired) electrons. The summed E-state index contributed by atoms with van der Waals surface area (Å²) in [5.41, 5.74) is 1.02. The lowest BCUT2D eigenvalue weighted by atomic mass is 9.96. The summed E-state index contributed by atoms with van der Waals surface area (Å²) in [5.74, 6) is 1.26. The highest BCUT2D eigenvalue weighted by Gasteiger charge is 2.28. The van der Waals surface area contributed by atoms with Crippen LogP contribution in [0, 0.1) is 12.8 Å². The molecule has 0 spiro atoms. The minimum atomic E-state index is 0.0684. The summed E-state index contributed by atoms with van der Waals surface area (Å²) in [6.45, 7) is 5.27. The summed E-state index contributed by atoms with van der Waals surface area (Å²) < 4.78 is 5.35. The number of carbonyl (C=O) groups excluding carboxylic acids is 1. The molecule has 1 N–H and O–H groups in total. The lowest BCUT2D eigenvalue weighted by molar-refractivity contribution is -0.126. The third kappa shape index (κ3) is 3.77. The Morgan fingerprint density at radius 1 is 1.32 bits per heavy atom. The Balaban J connectivity index is 1.58. The fourth-order valence-corrected chi connectivity index (χ4v) is 3.26. The van der Waals surface area contributed by atoms with E-state index >= 15 is 0 Å². The maximum Gasteiger partial charge on any atom is 0.225 e. The van der Waals surface area contributed by atoms with E-state index in [0.717, 1.165) is 63.5 Å². The number of hydrogen-bond donors (Lipinski definition) is 1. The molecule has 1 aromatic heterocycles. The lowest BCUT2D eigenvalue weighted by Crippen LogP contribution is -2.47. The van der Waals surface area contributed by atoms with Crippen molar-refractivity contribution in [3.05, 3.63) is 23.9 Å². The van der Waals surface area contributed by atoms with Gasteiger partial charge in [0.15, 0.2) is 0 Å². The molecule has 2 aliphatic rings. The Labute approximate surface area is 132 Å². The van der Waals surface area contributed by atoms with Crippen LogP contribution >= 0.6 is 0 Å². The number of anilines is 1. The van der Waals surface area contributed by atoms with Crippen LogP contribution in [0.2, 0.25) is 0 Å². The average molecular weight is 303 g/mol. The second-order valence-corrected chi connectivity index (χ2v) is 6.32. The first-order chi connectivity index (χ1) is 10.7. The zero-order valence-electron chi connectivity index (χ0n) is 13.3. The van der Waals surface area contributed by atoms with Crippen molar-refractivity contribution in [2.45, 2.75) is 38.6 Å². The van der Waals surface area contributed by atoms with Crippen molar-refractivity contribution in [3.63, 3.8) is 0 Å². The number of rotatable bonds is 3. The van der Waals surface area contributed by atoms with Gasteiger partial charge in [-0.15, -0.1) is 0 Å². The molecule has 2 aliphatic heterocycles. The molecule has 0 bridgehead atoms.